The zero-order valence-electron chi connectivity index (χ0n) is 13.9. The largest absolute Gasteiger partial charge is 0.339 e. The van der Waals surface area contributed by atoms with Gasteiger partial charge in [-0.25, -0.2) is 13.1 Å². The molecule has 2 unspecified atom stereocenters. The van der Waals surface area contributed by atoms with E-state index < -0.39 is 10.0 Å². The highest BCUT2D eigenvalue weighted by atomic mass is 32.2. The van der Waals surface area contributed by atoms with Crippen molar-refractivity contribution >= 4 is 15.9 Å². The van der Waals surface area contributed by atoms with Crippen LogP contribution in [0.25, 0.3) is 0 Å². The molecule has 0 saturated carbocycles. The number of carbonyl (C=O) groups excluding carboxylic acids is 1. The lowest BCUT2D eigenvalue weighted by atomic mass is 9.87. The molecule has 0 aromatic heterocycles. The van der Waals surface area contributed by atoms with Gasteiger partial charge in [0.1, 0.15) is 0 Å². The number of sulfonamides is 1. The molecule has 0 radical (unpaired) electrons. The number of benzene rings is 1. The van der Waals surface area contributed by atoms with Crippen molar-refractivity contribution in [3.05, 3.63) is 35.9 Å². The van der Waals surface area contributed by atoms with Crippen LogP contribution in [-0.4, -0.2) is 44.6 Å². The number of hydrogen-bond donors (Lipinski definition) is 1. The van der Waals surface area contributed by atoms with Crippen molar-refractivity contribution in [2.45, 2.75) is 44.6 Å². The van der Waals surface area contributed by atoms with Crippen LogP contribution in [0.2, 0.25) is 0 Å². The Kier molecular flexibility index (Phi) is 6.18. The fourth-order valence-corrected chi connectivity index (χ4v) is 3.91. The molecular weight excluding hydrogens is 312 g/mol. The van der Waals surface area contributed by atoms with Gasteiger partial charge < -0.3 is 4.90 Å². The second kappa shape index (κ2) is 7.93. The van der Waals surface area contributed by atoms with Crippen molar-refractivity contribution in [3.63, 3.8) is 0 Å². The lowest BCUT2D eigenvalue weighted by Crippen LogP contribution is -2.40. The number of carbonyl (C=O) groups is 1. The van der Waals surface area contributed by atoms with Crippen LogP contribution in [0.1, 0.15) is 44.1 Å². The Morgan fingerprint density at radius 3 is 2.65 bits per heavy atom. The van der Waals surface area contributed by atoms with Crippen LogP contribution in [-0.2, 0) is 14.8 Å². The summed E-state index contributed by atoms with van der Waals surface area (Å²) in [6.07, 6.45) is 4.34. The highest BCUT2D eigenvalue weighted by molar-refractivity contribution is 7.88. The van der Waals surface area contributed by atoms with Gasteiger partial charge in [-0.05, 0) is 24.8 Å². The topological polar surface area (TPSA) is 66.5 Å². The second-order valence-corrected chi connectivity index (χ2v) is 7.97. The molecular formula is C17H26N2O3S. The molecule has 0 spiro atoms. The van der Waals surface area contributed by atoms with E-state index >= 15 is 0 Å². The van der Waals surface area contributed by atoms with Gasteiger partial charge in [-0.15, -0.1) is 0 Å². The zero-order valence-corrected chi connectivity index (χ0v) is 14.7. The number of amides is 1. The molecule has 5 nitrogen and oxygen atoms in total. The van der Waals surface area contributed by atoms with Crippen molar-refractivity contribution < 1.29 is 13.2 Å². The number of rotatable bonds is 7. The van der Waals surface area contributed by atoms with E-state index in [1.807, 2.05) is 23.1 Å². The number of nitrogens with one attached hydrogen (secondary N) is 1. The molecule has 0 bridgehead atoms. The number of nitrogens with zero attached hydrogens (tertiary/aromatic N) is 1. The molecule has 2 rings (SSSR count). The first-order valence-electron chi connectivity index (χ1n) is 8.21. The molecule has 1 saturated heterocycles. The molecule has 1 aromatic carbocycles. The van der Waals surface area contributed by atoms with Crippen LogP contribution in [0.3, 0.4) is 0 Å². The summed E-state index contributed by atoms with van der Waals surface area (Å²) in [7, 11) is -3.24. The van der Waals surface area contributed by atoms with Crippen LogP contribution in [0.4, 0.5) is 0 Å². The standard InChI is InChI=1S/C17H26N2O3S/c1-3-15(14-8-5-4-6-9-14)16-10-7-13-19(16)17(20)11-12-18-23(2,21)22/h4-6,8-9,15-16,18H,3,7,10-13H2,1-2H3. The van der Waals surface area contributed by atoms with E-state index in [0.29, 0.717) is 5.92 Å². The molecule has 6 heteroatoms. The van der Waals surface area contributed by atoms with Gasteiger partial charge in [0.2, 0.25) is 15.9 Å². The van der Waals surface area contributed by atoms with Crippen molar-refractivity contribution in [1.29, 1.82) is 0 Å². The average molecular weight is 338 g/mol. The third kappa shape index (κ3) is 5.04. The minimum absolute atomic E-state index is 0.0398. The van der Waals surface area contributed by atoms with Crippen molar-refractivity contribution in [1.82, 2.24) is 9.62 Å². The molecule has 0 aliphatic carbocycles. The maximum Gasteiger partial charge on any atom is 0.224 e. The molecule has 1 aliphatic rings. The van der Waals surface area contributed by atoms with E-state index in [4.69, 9.17) is 0 Å². The summed E-state index contributed by atoms with van der Waals surface area (Å²) < 4.78 is 24.6. The SMILES string of the molecule is CCC(c1ccccc1)C1CCCN1C(=O)CCNS(C)(=O)=O. The summed E-state index contributed by atoms with van der Waals surface area (Å²) >= 11 is 0. The van der Waals surface area contributed by atoms with E-state index in [9.17, 15) is 13.2 Å². The van der Waals surface area contributed by atoms with Gasteiger partial charge in [-0.1, -0.05) is 37.3 Å². The van der Waals surface area contributed by atoms with Gasteiger partial charge in [0.15, 0.2) is 0 Å². The van der Waals surface area contributed by atoms with Crippen LogP contribution in [0.15, 0.2) is 30.3 Å². The van der Waals surface area contributed by atoms with Gasteiger partial charge >= 0.3 is 0 Å². The van der Waals surface area contributed by atoms with Crippen LogP contribution in [0, 0.1) is 0 Å². The normalized spacial score (nSPS) is 19.7. The molecule has 1 aromatic rings. The molecule has 1 aliphatic heterocycles. The first kappa shape index (κ1) is 17.9. The summed E-state index contributed by atoms with van der Waals surface area (Å²) in [5, 5.41) is 0. The summed E-state index contributed by atoms with van der Waals surface area (Å²) in [6.45, 7) is 3.10. The Balaban J connectivity index is 2.02. The Hall–Kier alpha value is -1.40. The predicted molar refractivity (Wildman–Crippen MR) is 91.7 cm³/mol. The van der Waals surface area contributed by atoms with Crippen LogP contribution < -0.4 is 4.72 Å². The lowest BCUT2D eigenvalue weighted by molar-refractivity contribution is -0.132. The van der Waals surface area contributed by atoms with Crippen LogP contribution >= 0.6 is 0 Å². The molecule has 1 N–H and O–H groups in total. The third-order valence-electron chi connectivity index (χ3n) is 4.45. The molecule has 128 valence electrons. The smallest absolute Gasteiger partial charge is 0.224 e. The van der Waals surface area contributed by atoms with Gasteiger partial charge in [0.05, 0.1) is 6.26 Å². The van der Waals surface area contributed by atoms with Crippen LogP contribution in [0.5, 0.6) is 0 Å². The molecule has 1 amide bonds. The summed E-state index contributed by atoms with van der Waals surface area (Å²) in [5.41, 5.74) is 1.27. The quantitative estimate of drug-likeness (QED) is 0.828. The van der Waals surface area contributed by atoms with Gasteiger partial charge in [0.25, 0.3) is 0 Å². The highest BCUT2D eigenvalue weighted by Gasteiger charge is 2.34. The number of hydrogen-bond acceptors (Lipinski definition) is 3. The maximum atomic E-state index is 12.5. The van der Waals surface area contributed by atoms with E-state index in [0.717, 1.165) is 32.1 Å². The predicted octanol–water partition coefficient (Wildman–Crippen LogP) is 2.11. The van der Waals surface area contributed by atoms with Crippen molar-refractivity contribution in [2.75, 3.05) is 19.3 Å². The minimum atomic E-state index is -3.24. The second-order valence-electron chi connectivity index (χ2n) is 6.14. The summed E-state index contributed by atoms with van der Waals surface area (Å²) in [4.78, 5) is 14.4. The van der Waals surface area contributed by atoms with E-state index in [1.54, 1.807) is 0 Å². The number of likely N-dealkylation sites (tertiary alicyclic amines) is 1. The van der Waals surface area contributed by atoms with Gasteiger partial charge in [0, 0.05) is 31.5 Å². The Bertz CT molecular complexity index is 616. The van der Waals surface area contributed by atoms with E-state index in [-0.39, 0.29) is 24.9 Å². The van der Waals surface area contributed by atoms with E-state index in [1.165, 1.54) is 5.56 Å². The maximum absolute atomic E-state index is 12.5. The lowest BCUT2D eigenvalue weighted by Gasteiger charge is -2.31. The molecule has 1 fully saturated rings. The summed E-state index contributed by atoms with van der Waals surface area (Å²) in [6, 6.07) is 10.5. The first-order chi connectivity index (χ1) is 10.9. The van der Waals surface area contributed by atoms with Gasteiger partial charge in [-0.3, -0.25) is 4.79 Å². The minimum Gasteiger partial charge on any atom is -0.339 e. The Morgan fingerprint density at radius 2 is 2.04 bits per heavy atom. The molecule has 23 heavy (non-hydrogen) atoms. The Labute approximate surface area is 139 Å². The fraction of sp³-hybridized carbons (Fsp3) is 0.588. The van der Waals surface area contributed by atoms with E-state index in [2.05, 4.69) is 23.8 Å². The highest BCUT2D eigenvalue weighted by Crippen LogP contribution is 2.33. The van der Waals surface area contributed by atoms with Crippen molar-refractivity contribution in [2.24, 2.45) is 0 Å². The molecule has 1 heterocycles. The average Bonchev–Trinajstić information content (AvgIpc) is 2.97. The third-order valence-corrected chi connectivity index (χ3v) is 5.18. The zero-order chi connectivity index (χ0) is 16.9. The van der Waals surface area contributed by atoms with Crippen molar-refractivity contribution in [3.8, 4) is 0 Å². The van der Waals surface area contributed by atoms with Gasteiger partial charge in [-0.2, -0.15) is 0 Å². The first-order valence-corrected chi connectivity index (χ1v) is 10.1. The summed E-state index contributed by atoms with van der Waals surface area (Å²) in [5.74, 6) is 0.378. The molecule has 2 atom stereocenters. The monoisotopic (exact) mass is 338 g/mol. The fourth-order valence-electron chi connectivity index (χ4n) is 3.44. The Morgan fingerprint density at radius 1 is 1.35 bits per heavy atom.